The summed E-state index contributed by atoms with van der Waals surface area (Å²) in [5.41, 5.74) is 3.27. The molecule has 0 aliphatic rings. The van der Waals surface area contributed by atoms with Crippen LogP contribution in [0.5, 0.6) is 5.75 Å². The maximum absolute atomic E-state index is 12.7. The van der Waals surface area contributed by atoms with Crippen LogP contribution in [0.2, 0.25) is 5.02 Å². The monoisotopic (exact) mass is 464 g/mol. The first kappa shape index (κ1) is 23.7. The molecule has 3 rings (SSSR count). The van der Waals surface area contributed by atoms with Gasteiger partial charge in [-0.1, -0.05) is 23.7 Å². The summed E-state index contributed by atoms with van der Waals surface area (Å²) >= 11 is 6.13. The Morgan fingerprint density at radius 3 is 2.19 bits per heavy atom. The van der Waals surface area contributed by atoms with E-state index in [1.165, 1.54) is 18.2 Å². The number of halogens is 4. The van der Waals surface area contributed by atoms with Crippen molar-refractivity contribution >= 4 is 29.1 Å². The summed E-state index contributed by atoms with van der Waals surface area (Å²) in [4.78, 5) is 9.06. The molecule has 0 saturated heterocycles. The van der Waals surface area contributed by atoms with Crippen LogP contribution < -0.4 is 15.4 Å². The topological polar surface area (TPSA) is 59.1 Å². The number of nitrogens with one attached hydrogen (secondary N) is 2. The molecule has 3 aromatic rings. The molecule has 2 N–H and O–H groups in total. The van der Waals surface area contributed by atoms with E-state index in [2.05, 4.69) is 25.3 Å². The third-order valence-corrected chi connectivity index (χ3v) is 4.55. The SMILES string of the molecule is Cc1cc(Cl)cc(C)c1Nc1cc(-c2cccc(OC(F)(F)F)c2)nc(NC(C)(C)C)n1. The lowest BCUT2D eigenvalue weighted by Gasteiger charge is -2.22. The van der Waals surface area contributed by atoms with Gasteiger partial charge in [0.25, 0.3) is 0 Å². The molecule has 0 saturated carbocycles. The predicted molar refractivity (Wildman–Crippen MR) is 122 cm³/mol. The summed E-state index contributed by atoms with van der Waals surface area (Å²) in [6.45, 7) is 9.73. The second-order valence-electron chi connectivity index (χ2n) is 8.45. The Labute approximate surface area is 190 Å². The number of benzene rings is 2. The zero-order valence-corrected chi connectivity index (χ0v) is 19.1. The summed E-state index contributed by atoms with van der Waals surface area (Å²) in [5, 5.41) is 7.14. The lowest BCUT2D eigenvalue weighted by Crippen LogP contribution is -2.27. The largest absolute Gasteiger partial charge is 0.573 e. The molecule has 0 amide bonds. The number of nitrogens with zero attached hydrogens (tertiary/aromatic N) is 2. The third-order valence-electron chi connectivity index (χ3n) is 4.33. The molecule has 2 aromatic carbocycles. The highest BCUT2D eigenvalue weighted by Gasteiger charge is 2.31. The van der Waals surface area contributed by atoms with Gasteiger partial charge >= 0.3 is 6.36 Å². The predicted octanol–water partition coefficient (Wildman–Crippen LogP) is 7.27. The van der Waals surface area contributed by atoms with Crippen LogP contribution in [0.25, 0.3) is 11.3 Å². The maximum Gasteiger partial charge on any atom is 0.573 e. The first-order valence-electron chi connectivity index (χ1n) is 9.86. The van der Waals surface area contributed by atoms with Crippen molar-refractivity contribution in [2.45, 2.75) is 46.5 Å². The number of hydrogen-bond donors (Lipinski definition) is 2. The van der Waals surface area contributed by atoms with Crippen molar-refractivity contribution in [3.8, 4) is 17.0 Å². The van der Waals surface area contributed by atoms with Crippen molar-refractivity contribution in [2.24, 2.45) is 0 Å². The maximum atomic E-state index is 12.7. The molecule has 0 aliphatic heterocycles. The Hall–Kier alpha value is -3.00. The van der Waals surface area contributed by atoms with Gasteiger partial charge in [0.15, 0.2) is 0 Å². The van der Waals surface area contributed by atoms with Crippen LogP contribution in [0.4, 0.5) is 30.6 Å². The molecule has 170 valence electrons. The summed E-state index contributed by atoms with van der Waals surface area (Å²) in [7, 11) is 0. The molecule has 0 bridgehead atoms. The lowest BCUT2D eigenvalue weighted by atomic mass is 10.1. The van der Waals surface area contributed by atoms with E-state index in [0.29, 0.717) is 28.0 Å². The van der Waals surface area contributed by atoms with E-state index < -0.39 is 6.36 Å². The molecule has 0 spiro atoms. The molecule has 1 heterocycles. The number of ether oxygens (including phenoxy) is 1. The average Bonchev–Trinajstić information content (AvgIpc) is 2.62. The first-order valence-corrected chi connectivity index (χ1v) is 10.2. The molecule has 0 unspecified atom stereocenters. The van der Waals surface area contributed by atoms with Gasteiger partial charge in [-0.05, 0) is 70.0 Å². The van der Waals surface area contributed by atoms with Gasteiger partial charge in [-0.25, -0.2) is 4.98 Å². The third kappa shape index (κ3) is 6.50. The van der Waals surface area contributed by atoms with Crippen LogP contribution >= 0.6 is 11.6 Å². The van der Waals surface area contributed by atoms with E-state index in [1.54, 1.807) is 12.1 Å². The molecule has 1 aromatic heterocycles. The Bertz CT molecular complexity index is 1100. The molecule has 0 fully saturated rings. The molecule has 0 atom stereocenters. The first-order chi connectivity index (χ1) is 14.8. The van der Waals surface area contributed by atoms with Crippen LogP contribution in [0, 0.1) is 13.8 Å². The van der Waals surface area contributed by atoms with E-state index in [-0.39, 0.29) is 11.3 Å². The minimum Gasteiger partial charge on any atom is -0.406 e. The average molecular weight is 465 g/mol. The van der Waals surface area contributed by atoms with Crippen LogP contribution in [-0.4, -0.2) is 21.9 Å². The van der Waals surface area contributed by atoms with Crippen molar-refractivity contribution in [1.82, 2.24) is 9.97 Å². The van der Waals surface area contributed by atoms with Crippen LogP contribution in [-0.2, 0) is 0 Å². The number of aromatic nitrogens is 2. The molecule has 0 aliphatic carbocycles. The lowest BCUT2D eigenvalue weighted by molar-refractivity contribution is -0.274. The van der Waals surface area contributed by atoms with Gasteiger partial charge in [-0.15, -0.1) is 13.2 Å². The zero-order valence-electron chi connectivity index (χ0n) is 18.4. The molecule has 32 heavy (non-hydrogen) atoms. The second-order valence-corrected chi connectivity index (χ2v) is 8.89. The van der Waals surface area contributed by atoms with Crippen molar-refractivity contribution in [3.63, 3.8) is 0 Å². The smallest absolute Gasteiger partial charge is 0.406 e. The minimum absolute atomic E-state index is 0.321. The van der Waals surface area contributed by atoms with Crippen LogP contribution in [0.1, 0.15) is 31.9 Å². The fraction of sp³-hybridized carbons (Fsp3) is 0.304. The number of hydrogen-bond acceptors (Lipinski definition) is 5. The highest BCUT2D eigenvalue weighted by molar-refractivity contribution is 6.30. The zero-order chi connectivity index (χ0) is 23.7. The number of rotatable bonds is 5. The van der Waals surface area contributed by atoms with Crippen molar-refractivity contribution in [1.29, 1.82) is 0 Å². The second kappa shape index (κ2) is 8.86. The molecule has 9 heteroatoms. The number of alkyl halides is 3. The van der Waals surface area contributed by atoms with Crippen molar-refractivity contribution < 1.29 is 17.9 Å². The number of anilines is 3. The van der Waals surface area contributed by atoms with E-state index in [0.717, 1.165) is 16.8 Å². The van der Waals surface area contributed by atoms with Gasteiger partial charge in [-0.2, -0.15) is 4.98 Å². The van der Waals surface area contributed by atoms with Gasteiger partial charge in [0.2, 0.25) is 5.95 Å². The van der Waals surface area contributed by atoms with Gasteiger partial charge in [0.1, 0.15) is 11.6 Å². The van der Waals surface area contributed by atoms with Crippen molar-refractivity contribution in [2.75, 3.05) is 10.6 Å². The minimum atomic E-state index is -4.78. The quantitative estimate of drug-likeness (QED) is 0.416. The Morgan fingerprint density at radius 1 is 0.938 bits per heavy atom. The van der Waals surface area contributed by atoms with Crippen LogP contribution in [0.15, 0.2) is 42.5 Å². The van der Waals surface area contributed by atoms with Crippen LogP contribution in [0.3, 0.4) is 0 Å². The van der Waals surface area contributed by atoms with E-state index in [4.69, 9.17) is 11.6 Å². The molecule has 5 nitrogen and oxygen atoms in total. The standard InChI is InChI=1S/C23H24ClF3N4O/c1-13-9-16(24)10-14(2)20(13)29-19-12-18(28-21(30-19)31-22(3,4)5)15-7-6-8-17(11-15)32-23(25,26)27/h6-12H,1-5H3,(H2,28,29,30,31). The van der Waals surface area contributed by atoms with E-state index in [9.17, 15) is 13.2 Å². The molecular formula is C23H24ClF3N4O. The molecular weight excluding hydrogens is 441 g/mol. The highest BCUT2D eigenvalue weighted by Crippen LogP contribution is 2.32. The van der Waals surface area contributed by atoms with Gasteiger partial charge in [0.05, 0.1) is 5.69 Å². The summed E-state index contributed by atoms with van der Waals surface area (Å²) in [5.74, 6) is 0.499. The Kier molecular flexibility index (Phi) is 6.55. The van der Waals surface area contributed by atoms with Gasteiger partial charge in [0, 0.05) is 27.9 Å². The molecule has 0 radical (unpaired) electrons. The fourth-order valence-corrected chi connectivity index (χ4v) is 3.47. The summed E-state index contributed by atoms with van der Waals surface area (Å²) < 4.78 is 42.0. The van der Waals surface area contributed by atoms with Gasteiger partial charge in [-0.3, -0.25) is 0 Å². The van der Waals surface area contributed by atoms with E-state index >= 15 is 0 Å². The Morgan fingerprint density at radius 2 is 1.59 bits per heavy atom. The van der Waals surface area contributed by atoms with E-state index in [1.807, 2.05) is 46.8 Å². The summed E-state index contributed by atoms with van der Waals surface area (Å²) in [6.07, 6.45) is -4.78. The highest BCUT2D eigenvalue weighted by atomic mass is 35.5. The summed E-state index contributed by atoms with van der Waals surface area (Å²) in [6, 6.07) is 11.0. The Balaban J connectivity index is 2.06. The van der Waals surface area contributed by atoms with Crippen molar-refractivity contribution in [3.05, 3.63) is 58.6 Å². The normalized spacial score (nSPS) is 11.9. The van der Waals surface area contributed by atoms with Gasteiger partial charge < -0.3 is 15.4 Å². The number of aryl methyl sites for hydroxylation is 2. The fourth-order valence-electron chi connectivity index (χ4n) is 3.14.